The molecule has 0 atom stereocenters. The molecule has 3 heteroatoms. The zero-order chi connectivity index (χ0) is 12.8. The lowest BCUT2D eigenvalue weighted by Crippen LogP contribution is -2.48. The van der Waals surface area contributed by atoms with E-state index in [0.29, 0.717) is 6.61 Å². The predicted octanol–water partition coefficient (Wildman–Crippen LogP) is 3.29. The number of ether oxygens (including phenoxy) is 1. The minimum atomic E-state index is -0.282. The Labute approximate surface area is 109 Å². The summed E-state index contributed by atoms with van der Waals surface area (Å²) in [5.74, 6) is 0. The highest BCUT2D eigenvalue weighted by Crippen LogP contribution is 2.32. The van der Waals surface area contributed by atoms with E-state index in [1.165, 1.54) is 18.4 Å². The zero-order valence-electron chi connectivity index (χ0n) is 10.9. The van der Waals surface area contributed by atoms with Gasteiger partial charge in [0.05, 0.1) is 6.61 Å². The molecule has 1 fully saturated rings. The molecule has 1 aromatic rings. The standard InChI is InChI=1S/C15H21NO2/c1-2-18-14(17)16-15(10-6-7-11-15)12-13-8-4-3-5-9-13/h3-5,8-9H,2,6-7,10-12H2,1H3,(H,16,17). The van der Waals surface area contributed by atoms with E-state index in [9.17, 15) is 4.79 Å². The van der Waals surface area contributed by atoms with Crippen molar-refractivity contribution >= 4 is 6.09 Å². The van der Waals surface area contributed by atoms with Gasteiger partial charge in [-0.05, 0) is 31.7 Å². The van der Waals surface area contributed by atoms with E-state index in [4.69, 9.17) is 4.74 Å². The number of nitrogens with one attached hydrogen (secondary N) is 1. The first-order chi connectivity index (χ1) is 8.74. The van der Waals surface area contributed by atoms with Crippen molar-refractivity contribution in [2.45, 2.75) is 44.6 Å². The molecule has 1 aliphatic carbocycles. The molecular weight excluding hydrogens is 226 g/mol. The summed E-state index contributed by atoms with van der Waals surface area (Å²) in [5, 5.41) is 3.08. The summed E-state index contributed by atoms with van der Waals surface area (Å²) in [6, 6.07) is 10.3. The van der Waals surface area contributed by atoms with Gasteiger partial charge >= 0.3 is 6.09 Å². The van der Waals surface area contributed by atoms with Crippen molar-refractivity contribution in [1.29, 1.82) is 0 Å². The Balaban J connectivity index is 2.05. The number of rotatable bonds is 4. The lowest BCUT2D eigenvalue weighted by Gasteiger charge is -2.30. The van der Waals surface area contributed by atoms with Crippen molar-refractivity contribution in [3.8, 4) is 0 Å². The molecule has 0 aliphatic heterocycles. The highest BCUT2D eigenvalue weighted by atomic mass is 16.5. The Morgan fingerprint density at radius 3 is 2.56 bits per heavy atom. The van der Waals surface area contributed by atoms with Crippen LogP contribution < -0.4 is 5.32 Å². The molecule has 0 radical (unpaired) electrons. The molecule has 1 amide bonds. The van der Waals surface area contributed by atoms with E-state index < -0.39 is 0 Å². The maximum absolute atomic E-state index is 11.7. The van der Waals surface area contributed by atoms with Crippen molar-refractivity contribution in [3.63, 3.8) is 0 Å². The number of carbonyl (C=O) groups is 1. The van der Waals surface area contributed by atoms with Crippen LogP contribution in [0.1, 0.15) is 38.2 Å². The second-order valence-electron chi connectivity index (χ2n) is 5.00. The van der Waals surface area contributed by atoms with Crippen LogP contribution in [0.15, 0.2) is 30.3 Å². The number of hydrogen-bond donors (Lipinski definition) is 1. The minimum Gasteiger partial charge on any atom is -0.450 e. The lowest BCUT2D eigenvalue weighted by molar-refractivity contribution is 0.137. The number of amides is 1. The minimum absolute atomic E-state index is 0.104. The van der Waals surface area contributed by atoms with Gasteiger partial charge in [-0.1, -0.05) is 43.2 Å². The molecule has 0 heterocycles. The molecule has 0 saturated heterocycles. The van der Waals surface area contributed by atoms with Gasteiger partial charge in [-0.15, -0.1) is 0 Å². The maximum atomic E-state index is 11.7. The third-order valence-corrected chi connectivity index (χ3v) is 3.59. The van der Waals surface area contributed by atoms with Crippen LogP contribution in [0.2, 0.25) is 0 Å². The first-order valence-corrected chi connectivity index (χ1v) is 6.73. The quantitative estimate of drug-likeness (QED) is 0.886. The number of alkyl carbamates (subject to hydrolysis) is 1. The first-order valence-electron chi connectivity index (χ1n) is 6.73. The highest BCUT2D eigenvalue weighted by Gasteiger charge is 2.35. The molecule has 3 nitrogen and oxygen atoms in total. The van der Waals surface area contributed by atoms with Crippen LogP contribution in [0.25, 0.3) is 0 Å². The van der Waals surface area contributed by atoms with Crippen LogP contribution in [0.3, 0.4) is 0 Å². The number of carbonyl (C=O) groups excluding carboxylic acids is 1. The van der Waals surface area contributed by atoms with Gasteiger partial charge in [0.15, 0.2) is 0 Å². The zero-order valence-corrected chi connectivity index (χ0v) is 10.9. The summed E-state index contributed by atoms with van der Waals surface area (Å²) >= 11 is 0. The van der Waals surface area contributed by atoms with Gasteiger partial charge in [-0.2, -0.15) is 0 Å². The highest BCUT2D eigenvalue weighted by molar-refractivity contribution is 5.68. The SMILES string of the molecule is CCOC(=O)NC1(Cc2ccccc2)CCCC1. The molecule has 0 spiro atoms. The Hall–Kier alpha value is -1.51. The molecule has 98 valence electrons. The summed E-state index contributed by atoms with van der Waals surface area (Å²) in [6.07, 6.45) is 5.06. The Morgan fingerprint density at radius 1 is 1.28 bits per heavy atom. The second kappa shape index (κ2) is 5.89. The van der Waals surface area contributed by atoms with E-state index in [1.54, 1.807) is 0 Å². The number of benzene rings is 1. The first kappa shape index (κ1) is 12.9. The van der Waals surface area contributed by atoms with Gasteiger partial charge in [0.1, 0.15) is 0 Å². The van der Waals surface area contributed by atoms with Crippen LogP contribution >= 0.6 is 0 Å². The topological polar surface area (TPSA) is 38.3 Å². The lowest BCUT2D eigenvalue weighted by atomic mass is 9.89. The Morgan fingerprint density at radius 2 is 1.94 bits per heavy atom. The van der Waals surface area contributed by atoms with Gasteiger partial charge in [-0.25, -0.2) is 4.79 Å². The van der Waals surface area contributed by atoms with E-state index in [-0.39, 0.29) is 11.6 Å². The number of hydrogen-bond acceptors (Lipinski definition) is 2. The van der Waals surface area contributed by atoms with Crippen LogP contribution in [0.5, 0.6) is 0 Å². The molecule has 1 N–H and O–H groups in total. The fourth-order valence-corrected chi connectivity index (χ4v) is 2.77. The molecule has 0 bridgehead atoms. The van der Waals surface area contributed by atoms with Crippen molar-refractivity contribution in [2.24, 2.45) is 0 Å². The van der Waals surface area contributed by atoms with Crippen molar-refractivity contribution in [1.82, 2.24) is 5.32 Å². The Kier molecular flexibility index (Phi) is 4.24. The summed E-state index contributed by atoms with van der Waals surface area (Å²) in [6.45, 7) is 2.26. The molecule has 1 saturated carbocycles. The summed E-state index contributed by atoms with van der Waals surface area (Å²) in [4.78, 5) is 11.7. The molecule has 2 rings (SSSR count). The van der Waals surface area contributed by atoms with Crippen LogP contribution in [-0.4, -0.2) is 18.2 Å². The molecule has 1 aliphatic rings. The summed E-state index contributed by atoms with van der Waals surface area (Å²) in [7, 11) is 0. The molecule has 0 aromatic heterocycles. The van der Waals surface area contributed by atoms with Crippen molar-refractivity contribution in [3.05, 3.63) is 35.9 Å². The van der Waals surface area contributed by atoms with E-state index in [1.807, 2.05) is 25.1 Å². The second-order valence-corrected chi connectivity index (χ2v) is 5.00. The molecule has 0 unspecified atom stereocenters. The third kappa shape index (κ3) is 3.25. The Bertz CT molecular complexity index is 383. The van der Waals surface area contributed by atoms with E-state index >= 15 is 0 Å². The molecule has 1 aromatic carbocycles. The van der Waals surface area contributed by atoms with E-state index in [2.05, 4.69) is 17.4 Å². The summed E-state index contributed by atoms with van der Waals surface area (Å²) in [5.41, 5.74) is 1.17. The fourth-order valence-electron chi connectivity index (χ4n) is 2.77. The van der Waals surface area contributed by atoms with E-state index in [0.717, 1.165) is 19.3 Å². The van der Waals surface area contributed by atoms with Crippen molar-refractivity contribution < 1.29 is 9.53 Å². The fraction of sp³-hybridized carbons (Fsp3) is 0.533. The maximum Gasteiger partial charge on any atom is 0.407 e. The monoisotopic (exact) mass is 247 g/mol. The van der Waals surface area contributed by atoms with Gasteiger partial charge in [-0.3, -0.25) is 0 Å². The molecular formula is C15H21NO2. The normalized spacial score (nSPS) is 17.4. The summed E-state index contributed by atoms with van der Waals surface area (Å²) < 4.78 is 5.02. The smallest absolute Gasteiger partial charge is 0.407 e. The van der Waals surface area contributed by atoms with Crippen LogP contribution in [-0.2, 0) is 11.2 Å². The van der Waals surface area contributed by atoms with Crippen LogP contribution in [0, 0.1) is 0 Å². The van der Waals surface area contributed by atoms with Gasteiger partial charge in [0.25, 0.3) is 0 Å². The average molecular weight is 247 g/mol. The largest absolute Gasteiger partial charge is 0.450 e. The third-order valence-electron chi connectivity index (χ3n) is 3.59. The van der Waals surface area contributed by atoms with Gasteiger partial charge in [0.2, 0.25) is 0 Å². The van der Waals surface area contributed by atoms with Crippen molar-refractivity contribution in [2.75, 3.05) is 6.61 Å². The average Bonchev–Trinajstić information content (AvgIpc) is 2.79. The van der Waals surface area contributed by atoms with Crippen LogP contribution in [0.4, 0.5) is 4.79 Å². The predicted molar refractivity (Wildman–Crippen MR) is 71.5 cm³/mol. The molecule has 18 heavy (non-hydrogen) atoms. The van der Waals surface area contributed by atoms with Gasteiger partial charge < -0.3 is 10.1 Å². The van der Waals surface area contributed by atoms with Gasteiger partial charge in [0, 0.05) is 5.54 Å².